The molecule has 0 spiro atoms. The van der Waals surface area contributed by atoms with Crippen molar-refractivity contribution >= 4 is 16.7 Å². The van der Waals surface area contributed by atoms with Crippen molar-refractivity contribution in [2.24, 2.45) is 0 Å². The molecule has 0 aliphatic carbocycles. The van der Waals surface area contributed by atoms with Crippen LogP contribution in [0.3, 0.4) is 0 Å². The molecule has 0 unspecified atom stereocenters. The van der Waals surface area contributed by atoms with E-state index in [4.69, 9.17) is 0 Å². The molecule has 0 amide bonds. The summed E-state index contributed by atoms with van der Waals surface area (Å²) < 4.78 is 0. The molecule has 4 rings (SSSR count). The van der Waals surface area contributed by atoms with Crippen LogP contribution in [0, 0.1) is 6.92 Å². The number of fused-ring (bicyclic) bond motifs is 1. The van der Waals surface area contributed by atoms with Gasteiger partial charge in [-0.2, -0.15) is 4.80 Å². The van der Waals surface area contributed by atoms with Crippen molar-refractivity contribution in [1.82, 2.24) is 25.2 Å². The maximum Gasteiger partial charge on any atom is 0.205 e. The first-order valence-corrected chi connectivity index (χ1v) is 7.65. The van der Waals surface area contributed by atoms with Crippen LogP contribution in [0.25, 0.3) is 22.3 Å². The molecule has 0 bridgehead atoms. The van der Waals surface area contributed by atoms with Crippen LogP contribution in [0.1, 0.15) is 15.9 Å². The second-order valence-corrected chi connectivity index (χ2v) is 5.63. The first-order valence-electron chi connectivity index (χ1n) is 7.65. The molecule has 0 fully saturated rings. The number of benzene rings is 2. The third-order valence-electron chi connectivity index (χ3n) is 4.01. The van der Waals surface area contributed by atoms with Gasteiger partial charge in [0.25, 0.3) is 0 Å². The number of rotatable bonds is 4. The third kappa shape index (κ3) is 2.48. The van der Waals surface area contributed by atoms with Gasteiger partial charge >= 0.3 is 0 Å². The van der Waals surface area contributed by atoms with Crippen LogP contribution in [0.5, 0.6) is 0 Å². The molecule has 0 aliphatic heterocycles. The Balaban J connectivity index is 1.60. The van der Waals surface area contributed by atoms with Crippen LogP contribution >= 0.6 is 0 Å². The minimum Gasteiger partial charge on any atom is -0.360 e. The van der Waals surface area contributed by atoms with E-state index in [0.29, 0.717) is 11.4 Å². The molecule has 2 aromatic carbocycles. The van der Waals surface area contributed by atoms with Crippen molar-refractivity contribution in [2.45, 2.75) is 13.5 Å². The number of aromatic nitrogens is 5. The fraction of sp³-hybridized carbons (Fsp3) is 0.111. The predicted molar refractivity (Wildman–Crippen MR) is 90.6 cm³/mol. The number of aromatic amines is 1. The molecular weight excluding hydrogens is 302 g/mol. The van der Waals surface area contributed by atoms with Gasteiger partial charge in [-0.15, -0.1) is 10.2 Å². The Bertz CT molecular complexity index is 1030. The van der Waals surface area contributed by atoms with Gasteiger partial charge in [0, 0.05) is 28.2 Å². The summed E-state index contributed by atoms with van der Waals surface area (Å²) in [5, 5.41) is 13.3. The molecular formula is C18H15N5O. The van der Waals surface area contributed by atoms with Crippen LogP contribution in [-0.2, 0) is 6.54 Å². The van der Waals surface area contributed by atoms with Gasteiger partial charge in [0.15, 0.2) is 5.78 Å². The first kappa shape index (κ1) is 14.3. The lowest BCUT2D eigenvalue weighted by Gasteiger charge is -1.99. The summed E-state index contributed by atoms with van der Waals surface area (Å²) in [5.41, 5.74) is 3.57. The zero-order valence-corrected chi connectivity index (χ0v) is 13.1. The number of tetrazole rings is 1. The molecule has 4 aromatic rings. The van der Waals surface area contributed by atoms with Crippen LogP contribution < -0.4 is 0 Å². The van der Waals surface area contributed by atoms with Gasteiger partial charge in [-0.05, 0) is 23.8 Å². The van der Waals surface area contributed by atoms with Crippen LogP contribution in [0.2, 0.25) is 0 Å². The summed E-state index contributed by atoms with van der Waals surface area (Å²) in [4.78, 5) is 17.0. The third-order valence-corrected chi connectivity index (χ3v) is 4.01. The Morgan fingerprint density at radius 2 is 1.92 bits per heavy atom. The monoisotopic (exact) mass is 317 g/mol. The second-order valence-electron chi connectivity index (χ2n) is 5.63. The highest BCUT2D eigenvalue weighted by Gasteiger charge is 2.15. The number of hydrogen-bond donors (Lipinski definition) is 1. The fourth-order valence-electron chi connectivity index (χ4n) is 2.76. The minimum atomic E-state index is -0.0545. The van der Waals surface area contributed by atoms with Gasteiger partial charge in [0.2, 0.25) is 5.82 Å². The summed E-state index contributed by atoms with van der Waals surface area (Å²) >= 11 is 0. The Morgan fingerprint density at radius 3 is 2.79 bits per heavy atom. The van der Waals surface area contributed by atoms with E-state index in [1.165, 1.54) is 4.80 Å². The SMILES string of the molecule is Cc1ccccc1-c1nnn(CC(=O)c2c[nH]c3ccccc23)n1. The highest BCUT2D eigenvalue weighted by Crippen LogP contribution is 2.20. The van der Waals surface area contributed by atoms with E-state index < -0.39 is 0 Å². The number of aryl methyl sites for hydroxylation is 1. The van der Waals surface area contributed by atoms with Crippen LogP contribution in [0.15, 0.2) is 54.7 Å². The van der Waals surface area contributed by atoms with Crippen LogP contribution in [0.4, 0.5) is 0 Å². The van der Waals surface area contributed by atoms with E-state index in [1.807, 2.05) is 55.5 Å². The Hall–Kier alpha value is -3.28. The van der Waals surface area contributed by atoms with Crippen molar-refractivity contribution in [3.05, 3.63) is 65.9 Å². The summed E-state index contributed by atoms with van der Waals surface area (Å²) in [6.07, 6.45) is 1.73. The van der Waals surface area contributed by atoms with Crippen molar-refractivity contribution in [3.8, 4) is 11.4 Å². The van der Waals surface area contributed by atoms with Crippen molar-refractivity contribution in [3.63, 3.8) is 0 Å². The molecule has 0 aliphatic rings. The zero-order valence-electron chi connectivity index (χ0n) is 13.1. The first-order chi connectivity index (χ1) is 11.7. The standard InChI is InChI=1S/C18H15N5O/c1-12-6-2-3-7-13(12)18-20-22-23(21-18)11-17(24)15-10-19-16-9-5-4-8-14(15)16/h2-10,19H,11H2,1H3. The molecule has 118 valence electrons. The molecule has 6 nitrogen and oxygen atoms in total. The number of nitrogens with one attached hydrogen (secondary N) is 1. The summed E-state index contributed by atoms with van der Waals surface area (Å²) in [6.45, 7) is 2.05. The number of hydrogen-bond acceptors (Lipinski definition) is 4. The summed E-state index contributed by atoms with van der Waals surface area (Å²) in [6, 6.07) is 15.5. The smallest absolute Gasteiger partial charge is 0.205 e. The van der Waals surface area contributed by atoms with Gasteiger partial charge in [0.1, 0.15) is 6.54 Å². The topological polar surface area (TPSA) is 76.5 Å². The summed E-state index contributed by atoms with van der Waals surface area (Å²) in [7, 11) is 0. The average Bonchev–Trinajstić information content (AvgIpc) is 3.22. The van der Waals surface area contributed by atoms with Gasteiger partial charge in [-0.25, -0.2) is 0 Å². The number of Topliss-reactive ketones (excluding diaryl/α,β-unsaturated/α-hetero) is 1. The number of carbonyl (C=O) groups excluding carboxylic acids is 1. The lowest BCUT2D eigenvalue weighted by molar-refractivity contribution is 0.0963. The average molecular weight is 317 g/mol. The highest BCUT2D eigenvalue weighted by atomic mass is 16.1. The molecule has 6 heteroatoms. The largest absolute Gasteiger partial charge is 0.360 e. The Morgan fingerprint density at radius 1 is 1.12 bits per heavy atom. The van der Waals surface area contributed by atoms with Gasteiger partial charge < -0.3 is 4.98 Å². The zero-order chi connectivity index (χ0) is 16.5. The molecule has 0 saturated heterocycles. The van der Waals surface area contributed by atoms with E-state index in [9.17, 15) is 4.79 Å². The molecule has 1 N–H and O–H groups in total. The Labute approximate surface area is 138 Å². The molecule has 0 radical (unpaired) electrons. The van der Waals surface area contributed by atoms with Crippen molar-refractivity contribution < 1.29 is 4.79 Å². The lowest BCUT2D eigenvalue weighted by Crippen LogP contribution is -2.13. The molecule has 24 heavy (non-hydrogen) atoms. The van der Waals surface area contributed by atoms with E-state index in [0.717, 1.165) is 22.0 Å². The van der Waals surface area contributed by atoms with Gasteiger partial charge in [0.05, 0.1) is 0 Å². The van der Waals surface area contributed by atoms with Crippen molar-refractivity contribution in [2.75, 3.05) is 0 Å². The van der Waals surface area contributed by atoms with Crippen LogP contribution in [-0.4, -0.2) is 31.0 Å². The molecule has 0 saturated carbocycles. The normalized spacial score (nSPS) is 11.0. The van der Waals surface area contributed by atoms with E-state index in [1.54, 1.807) is 6.20 Å². The molecule has 0 atom stereocenters. The molecule has 2 heterocycles. The molecule has 2 aromatic heterocycles. The Kier molecular flexibility index (Phi) is 3.42. The summed E-state index contributed by atoms with van der Waals surface area (Å²) in [5.74, 6) is 0.473. The maximum absolute atomic E-state index is 12.6. The number of H-pyrrole nitrogens is 1. The van der Waals surface area contributed by atoms with E-state index >= 15 is 0 Å². The maximum atomic E-state index is 12.6. The van der Waals surface area contributed by atoms with Crippen molar-refractivity contribution in [1.29, 1.82) is 0 Å². The number of para-hydroxylation sites is 1. The quantitative estimate of drug-likeness (QED) is 0.587. The highest BCUT2D eigenvalue weighted by molar-refractivity contribution is 6.07. The van der Waals surface area contributed by atoms with Gasteiger partial charge in [-0.1, -0.05) is 42.5 Å². The van der Waals surface area contributed by atoms with E-state index in [-0.39, 0.29) is 12.3 Å². The minimum absolute atomic E-state index is 0.0545. The lowest BCUT2D eigenvalue weighted by atomic mass is 10.1. The number of ketones is 1. The fourth-order valence-corrected chi connectivity index (χ4v) is 2.76. The predicted octanol–water partition coefficient (Wildman–Crippen LogP) is 3.01. The second kappa shape index (κ2) is 5.73. The van der Waals surface area contributed by atoms with Gasteiger partial charge in [-0.3, -0.25) is 4.79 Å². The van der Waals surface area contributed by atoms with E-state index in [2.05, 4.69) is 20.4 Å². The number of carbonyl (C=O) groups is 1. The number of nitrogens with zero attached hydrogens (tertiary/aromatic N) is 4.